The van der Waals surface area contributed by atoms with Crippen LogP contribution in [0.2, 0.25) is 0 Å². The second kappa shape index (κ2) is 22.0. The Kier molecular flexibility index (Phi) is 15.7. The number of amides is 3. The molecular formula is C57H63N3O10S3. The van der Waals surface area contributed by atoms with Gasteiger partial charge in [0.1, 0.15) is 24.7 Å². The number of ether oxygens (including phenoxy) is 3. The van der Waals surface area contributed by atoms with E-state index in [1.807, 2.05) is 98.2 Å². The van der Waals surface area contributed by atoms with E-state index in [2.05, 4.69) is 17.4 Å². The van der Waals surface area contributed by atoms with Gasteiger partial charge in [-0.2, -0.15) is 8.42 Å². The number of methoxy groups -OCH3 is 1. The van der Waals surface area contributed by atoms with Gasteiger partial charge in [0, 0.05) is 63.6 Å². The van der Waals surface area contributed by atoms with Crippen LogP contribution in [0.5, 0.6) is 17.2 Å². The van der Waals surface area contributed by atoms with Crippen LogP contribution in [0.25, 0.3) is 0 Å². The minimum atomic E-state index is -4.31. The molecule has 3 atom stereocenters. The highest BCUT2D eigenvalue weighted by atomic mass is 33.1. The summed E-state index contributed by atoms with van der Waals surface area (Å²) in [5, 5.41) is 1.36. The average Bonchev–Trinajstić information content (AvgIpc) is 3.87. The molecule has 4 heterocycles. The van der Waals surface area contributed by atoms with E-state index in [0.717, 1.165) is 60.9 Å². The molecule has 13 nitrogen and oxygen atoms in total. The summed E-state index contributed by atoms with van der Waals surface area (Å²) >= 11 is 0. The molecule has 0 bridgehead atoms. The Bertz CT molecular complexity index is 3070. The number of nitrogens with one attached hydrogen (secondary N) is 1. The zero-order valence-corrected chi connectivity index (χ0v) is 44.7. The first-order valence-corrected chi connectivity index (χ1v) is 28.8. The minimum absolute atomic E-state index is 0.0101. The van der Waals surface area contributed by atoms with E-state index < -0.39 is 21.3 Å². The third-order valence-electron chi connectivity index (χ3n) is 14.5. The van der Waals surface area contributed by atoms with Crippen molar-refractivity contribution in [3.63, 3.8) is 0 Å². The predicted molar refractivity (Wildman–Crippen MR) is 289 cm³/mol. The van der Waals surface area contributed by atoms with Gasteiger partial charge in [0.15, 0.2) is 16.7 Å². The summed E-state index contributed by atoms with van der Waals surface area (Å²) in [7, 11) is 1.30. The van der Waals surface area contributed by atoms with Gasteiger partial charge < -0.3 is 29.3 Å². The molecule has 1 unspecified atom stereocenters. The first-order chi connectivity index (χ1) is 35.1. The second-order valence-electron chi connectivity index (χ2n) is 19.9. The molecule has 5 aromatic carbocycles. The van der Waals surface area contributed by atoms with Crippen LogP contribution >= 0.6 is 21.6 Å². The molecular weight excluding hydrogens is 983 g/mol. The second-order valence-corrected chi connectivity index (χ2v) is 24.9. The molecule has 0 aliphatic carbocycles. The van der Waals surface area contributed by atoms with E-state index in [-0.39, 0.29) is 54.1 Å². The van der Waals surface area contributed by atoms with Gasteiger partial charge in [-0.05, 0) is 166 Å². The lowest BCUT2D eigenvalue weighted by Gasteiger charge is -2.23. The standard InChI is InChI=1S/C57H63N3O10S3/c1-7-45(61)20-22-57(3,4)72-71-23-21-53(73(65,66)68-6)54(62)58-42-26-36(33-69-50-30-38-16-18-43-28-40-12-8-10-14-48(40)59(43)55(63)46(38)24-35(50)2)25-37(27-42)34-70-52-31-39-17-19-44-29-41-13-9-11-15-49(41)60(44)56(64)47(39)32-51(52)67-5/h8-15,24-27,30-32,43-44,53H,7,16-23,28-29,33-34H2,1-6H3,(H,58,62)/t43-,44-,53?/m1/s1. The molecule has 384 valence electrons. The summed E-state index contributed by atoms with van der Waals surface area (Å²) in [6.45, 7) is 7.96. The van der Waals surface area contributed by atoms with Crippen molar-refractivity contribution in [2.45, 2.75) is 127 Å². The fourth-order valence-corrected chi connectivity index (χ4v) is 14.3. The quantitative estimate of drug-likeness (QED) is 0.0448. The number of para-hydroxylation sites is 2. The first kappa shape index (κ1) is 52.1. The van der Waals surface area contributed by atoms with Gasteiger partial charge in [-0.1, -0.05) is 64.9 Å². The van der Waals surface area contributed by atoms with Gasteiger partial charge in [0.25, 0.3) is 21.9 Å². The Labute approximate surface area is 436 Å². The number of carbonyl (C=O) groups is 4. The maximum absolute atomic E-state index is 14.2. The Morgan fingerprint density at radius 3 is 1.89 bits per heavy atom. The van der Waals surface area contributed by atoms with Crippen molar-refractivity contribution in [3.05, 3.63) is 141 Å². The zero-order chi connectivity index (χ0) is 51.6. The van der Waals surface area contributed by atoms with E-state index >= 15 is 0 Å². The summed E-state index contributed by atoms with van der Waals surface area (Å²) in [5.74, 6) is 1.16. The number of anilines is 3. The van der Waals surface area contributed by atoms with Crippen molar-refractivity contribution >= 4 is 72.3 Å². The van der Waals surface area contributed by atoms with Crippen molar-refractivity contribution in [1.29, 1.82) is 0 Å². The normalized spacial score (nSPS) is 17.3. The molecule has 0 radical (unpaired) electrons. The highest BCUT2D eigenvalue weighted by Gasteiger charge is 2.39. The number of rotatable bonds is 20. The fourth-order valence-electron chi connectivity index (χ4n) is 10.5. The number of hydrogen-bond donors (Lipinski definition) is 1. The summed E-state index contributed by atoms with van der Waals surface area (Å²) in [6.07, 6.45) is 6.22. The fraction of sp³-hybridized carbons (Fsp3) is 0.404. The number of benzene rings is 5. The third-order valence-corrected chi connectivity index (χ3v) is 19.5. The van der Waals surface area contributed by atoms with Crippen LogP contribution in [0.3, 0.4) is 0 Å². The highest BCUT2D eigenvalue weighted by Crippen LogP contribution is 2.43. The van der Waals surface area contributed by atoms with Crippen LogP contribution < -0.4 is 29.3 Å². The average molecular weight is 1050 g/mol. The van der Waals surface area contributed by atoms with Crippen molar-refractivity contribution in [2.24, 2.45) is 0 Å². The summed E-state index contributed by atoms with van der Waals surface area (Å²) in [6, 6.07) is 29.2. The molecule has 4 aliphatic rings. The largest absolute Gasteiger partial charge is 0.493 e. The number of fused-ring (bicyclic) bond motifs is 8. The summed E-state index contributed by atoms with van der Waals surface area (Å²) < 4.78 is 50.3. The predicted octanol–water partition coefficient (Wildman–Crippen LogP) is 10.8. The molecule has 0 aromatic heterocycles. The van der Waals surface area contributed by atoms with E-state index in [1.165, 1.54) is 29.0 Å². The molecule has 73 heavy (non-hydrogen) atoms. The van der Waals surface area contributed by atoms with Gasteiger partial charge in [-0.15, -0.1) is 0 Å². The molecule has 0 saturated heterocycles. The Morgan fingerprint density at radius 1 is 0.753 bits per heavy atom. The number of Topliss-reactive ketones (excluding diaryl/α,β-unsaturated/α-hetero) is 1. The van der Waals surface area contributed by atoms with E-state index in [9.17, 15) is 27.6 Å². The van der Waals surface area contributed by atoms with Gasteiger partial charge >= 0.3 is 0 Å². The number of aryl methyl sites for hydroxylation is 3. The summed E-state index contributed by atoms with van der Waals surface area (Å²) in [4.78, 5) is 58.3. The number of nitrogens with zero attached hydrogens (tertiary/aromatic N) is 2. The van der Waals surface area contributed by atoms with Gasteiger partial charge in [-0.25, -0.2) is 0 Å². The maximum atomic E-state index is 14.2. The number of ketones is 1. The smallest absolute Gasteiger partial charge is 0.279 e. The van der Waals surface area contributed by atoms with Crippen LogP contribution in [0, 0.1) is 6.92 Å². The summed E-state index contributed by atoms with van der Waals surface area (Å²) in [5.41, 5.74) is 9.73. The maximum Gasteiger partial charge on any atom is 0.279 e. The van der Waals surface area contributed by atoms with Gasteiger partial charge in [0.2, 0.25) is 5.91 Å². The molecule has 9 rings (SSSR count). The van der Waals surface area contributed by atoms with Gasteiger partial charge in [0.05, 0.1) is 14.2 Å². The van der Waals surface area contributed by atoms with Crippen molar-refractivity contribution in [1.82, 2.24) is 0 Å². The third kappa shape index (κ3) is 11.3. The lowest BCUT2D eigenvalue weighted by molar-refractivity contribution is -0.119. The molecule has 5 aromatic rings. The van der Waals surface area contributed by atoms with Crippen molar-refractivity contribution in [3.8, 4) is 17.2 Å². The van der Waals surface area contributed by atoms with Crippen LogP contribution in [0.4, 0.5) is 17.1 Å². The van der Waals surface area contributed by atoms with Crippen molar-refractivity contribution in [2.75, 3.05) is 35.1 Å². The molecule has 16 heteroatoms. The van der Waals surface area contributed by atoms with Crippen LogP contribution in [0.15, 0.2) is 91.0 Å². The lowest BCUT2D eigenvalue weighted by Crippen LogP contribution is -2.36. The van der Waals surface area contributed by atoms with Crippen LogP contribution in [-0.4, -0.2) is 74.0 Å². The first-order valence-electron chi connectivity index (χ1n) is 25.0. The molecule has 1 N–H and O–H groups in total. The van der Waals surface area contributed by atoms with E-state index in [0.29, 0.717) is 83.0 Å². The Hall–Kier alpha value is -5.81. The molecule has 3 amide bonds. The number of hydrogen-bond acceptors (Lipinski definition) is 12. The molecule has 0 fully saturated rings. The topological polar surface area (TPSA) is 158 Å². The Morgan fingerprint density at radius 2 is 1.32 bits per heavy atom. The van der Waals surface area contributed by atoms with Gasteiger partial charge in [-0.3, -0.25) is 23.4 Å². The molecule has 4 aliphatic heterocycles. The highest BCUT2D eigenvalue weighted by molar-refractivity contribution is 8.77. The zero-order valence-electron chi connectivity index (χ0n) is 42.3. The van der Waals surface area contributed by atoms with Crippen LogP contribution in [0.1, 0.15) is 119 Å². The lowest BCUT2D eigenvalue weighted by atomic mass is 9.98. The monoisotopic (exact) mass is 1050 g/mol. The van der Waals surface area contributed by atoms with E-state index in [4.69, 9.17) is 18.4 Å². The van der Waals surface area contributed by atoms with Crippen molar-refractivity contribution < 1.29 is 46.0 Å². The Balaban J connectivity index is 0.961. The number of carbonyl (C=O) groups excluding carboxylic acids is 4. The minimum Gasteiger partial charge on any atom is -0.493 e. The van der Waals surface area contributed by atoms with Crippen LogP contribution in [-0.2, 0) is 62.8 Å². The SMILES string of the molecule is CCC(=O)CCC(C)(C)SSCCC(C(=O)Nc1cc(COc2cc3c(cc2C)C(=O)N2c4ccccc4C[C@H]2CC3)cc(COc2cc3c(cc2OC)C(=O)N2c4ccccc4C[C@H]2CC3)c1)S(=O)(=O)OC. The van der Waals surface area contributed by atoms with E-state index in [1.54, 1.807) is 29.0 Å². The molecule has 0 saturated carbocycles. The molecule has 0 spiro atoms.